The third kappa shape index (κ3) is 2.90. The molecule has 1 unspecified atom stereocenters. The van der Waals surface area contributed by atoms with Crippen molar-refractivity contribution in [2.45, 2.75) is 32.2 Å². The number of carbonyl (C=O) groups is 1. The summed E-state index contributed by atoms with van der Waals surface area (Å²) in [5, 5.41) is 20.3. The molecular weight excluding hydrogens is 272 g/mol. The Hall–Kier alpha value is -1.95. The van der Waals surface area contributed by atoms with Gasteiger partial charge >= 0.3 is 0 Å². The standard InChI is InChI=1S/C15H22N2O4/c1-3-17-6-4-5-10(17)7-9-8-11(18)12(15(16)20)14(21-2)13(9)19/h8,10,18-19H,3-7H2,1-2H3,(H2,16,20). The van der Waals surface area contributed by atoms with Crippen molar-refractivity contribution in [3.63, 3.8) is 0 Å². The summed E-state index contributed by atoms with van der Waals surface area (Å²) in [6.45, 7) is 4.10. The Morgan fingerprint density at radius 3 is 2.81 bits per heavy atom. The molecule has 1 aromatic carbocycles. The van der Waals surface area contributed by atoms with Gasteiger partial charge in [0.1, 0.15) is 11.3 Å². The summed E-state index contributed by atoms with van der Waals surface area (Å²) in [5.41, 5.74) is 5.61. The average Bonchev–Trinajstić information content (AvgIpc) is 2.88. The van der Waals surface area contributed by atoms with Gasteiger partial charge in [-0.25, -0.2) is 0 Å². The van der Waals surface area contributed by atoms with Crippen molar-refractivity contribution < 1.29 is 19.7 Å². The number of rotatable bonds is 5. The predicted octanol–water partition coefficient (Wildman–Crippen LogP) is 1.23. The molecule has 0 radical (unpaired) electrons. The van der Waals surface area contributed by atoms with Crippen molar-refractivity contribution in [3.8, 4) is 17.2 Å². The fourth-order valence-corrected chi connectivity index (χ4v) is 3.08. The predicted molar refractivity (Wildman–Crippen MR) is 78.8 cm³/mol. The molecule has 2 rings (SSSR count). The van der Waals surface area contributed by atoms with Gasteiger partial charge in [-0.05, 0) is 38.4 Å². The Kier molecular flexibility index (Phi) is 4.57. The Morgan fingerprint density at radius 2 is 2.24 bits per heavy atom. The highest BCUT2D eigenvalue weighted by Gasteiger charge is 2.27. The molecule has 6 nitrogen and oxygen atoms in total. The fraction of sp³-hybridized carbons (Fsp3) is 0.533. The summed E-state index contributed by atoms with van der Waals surface area (Å²) in [7, 11) is 1.33. The first-order valence-electron chi connectivity index (χ1n) is 7.15. The number of primary amides is 1. The fourth-order valence-electron chi connectivity index (χ4n) is 3.08. The van der Waals surface area contributed by atoms with Crippen LogP contribution in [0, 0.1) is 0 Å². The molecule has 116 valence electrons. The number of methoxy groups -OCH3 is 1. The normalized spacial score (nSPS) is 18.9. The lowest BCUT2D eigenvalue weighted by Crippen LogP contribution is -2.30. The smallest absolute Gasteiger partial charge is 0.256 e. The van der Waals surface area contributed by atoms with Gasteiger partial charge in [0, 0.05) is 11.6 Å². The molecule has 4 N–H and O–H groups in total. The van der Waals surface area contributed by atoms with Crippen molar-refractivity contribution in [1.29, 1.82) is 0 Å². The first kappa shape index (κ1) is 15.4. The van der Waals surface area contributed by atoms with Crippen LogP contribution < -0.4 is 10.5 Å². The minimum absolute atomic E-state index is 0.0569. The largest absolute Gasteiger partial charge is 0.507 e. The van der Waals surface area contributed by atoms with Gasteiger partial charge < -0.3 is 25.6 Å². The molecule has 0 aromatic heterocycles. The van der Waals surface area contributed by atoms with Crippen molar-refractivity contribution in [3.05, 3.63) is 17.2 Å². The van der Waals surface area contributed by atoms with E-state index in [1.54, 1.807) is 0 Å². The van der Waals surface area contributed by atoms with Crippen LogP contribution in [-0.4, -0.2) is 47.3 Å². The maximum Gasteiger partial charge on any atom is 0.256 e. The van der Waals surface area contributed by atoms with Crippen LogP contribution >= 0.6 is 0 Å². The molecule has 0 bridgehead atoms. The lowest BCUT2D eigenvalue weighted by Gasteiger charge is -2.23. The second kappa shape index (κ2) is 6.22. The molecule has 21 heavy (non-hydrogen) atoms. The summed E-state index contributed by atoms with van der Waals surface area (Å²) < 4.78 is 5.05. The van der Waals surface area contributed by atoms with Crippen LogP contribution in [0.3, 0.4) is 0 Å². The maximum absolute atomic E-state index is 11.4. The van der Waals surface area contributed by atoms with Gasteiger partial charge in [-0.2, -0.15) is 0 Å². The van der Waals surface area contributed by atoms with Crippen LogP contribution in [0.5, 0.6) is 17.2 Å². The van der Waals surface area contributed by atoms with E-state index in [2.05, 4.69) is 11.8 Å². The highest BCUT2D eigenvalue weighted by Crippen LogP contribution is 2.40. The van der Waals surface area contributed by atoms with Crippen LogP contribution in [0.15, 0.2) is 6.07 Å². The second-order valence-electron chi connectivity index (χ2n) is 5.30. The number of nitrogens with two attached hydrogens (primary N) is 1. The number of amides is 1. The van der Waals surface area contributed by atoms with Gasteiger partial charge in [0.25, 0.3) is 5.91 Å². The molecule has 1 saturated heterocycles. The summed E-state index contributed by atoms with van der Waals surface area (Å²) in [5.74, 6) is -1.26. The van der Waals surface area contributed by atoms with Gasteiger partial charge in [0.15, 0.2) is 11.5 Å². The van der Waals surface area contributed by atoms with Crippen molar-refractivity contribution in [2.75, 3.05) is 20.2 Å². The molecule has 6 heteroatoms. The lowest BCUT2D eigenvalue weighted by molar-refractivity contribution is 0.0994. The number of likely N-dealkylation sites (N-methyl/N-ethyl adjacent to an activating group) is 1. The molecule has 1 aromatic rings. The molecule has 1 aliphatic rings. The van der Waals surface area contributed by atoms with Crippen molar-refractivity contribution in [1.82, 2.24) is 4.90 Å². The molecule has 0 spiro atoms. The number of phenolic OH excluding ortho intramolecular Hbond substituents is 1. The SMILES string of the molecule is CCN1CCCC1Cc1cc(O)c(C(N)=O)c(OC)c1O. The highest BCUT2D eigenvalue weighted by atomic mass is 16.5. The van der Waals surface area contributed by atoms with E-state index in [1.807, 2.05) is 0 Å². The molecule has 0 aliphatic carbocycles. The third-order valence-corrected chi connectivity index (χ3v) is 4.12. The van der Waals surface area contributed by atoms with Crippen molar-refractivity contribution >= 4 is 5.91 Å². The number of nitrogens with zero attached hydrogens (tertiary/aromatic N) is 1. The zero-order valence-corrected chi connectivity index (χ0v) is 12.4. The van der Waals surface area contributed by atoms with E-state index in [0.717, 1.165) is 25.9 Å². The van der Waals surface area contributed by atoms with Gasteiger partial charge in [-0.3, -0.25) is 4.79 Å². The maximum atomic E-state index is 11.4. The lowest BCUT2D eigenvalue weighted by atomic mass is 9.99. The summed E-state index contributed by atoms with van der Waals surface area (Å²) in [6, 6.07) is 1.73. The summed E-state index contributed by atoms with van der Waals surface area (Å²) in [6.07, 6.45) is 2.78. The molecule has 0 saturated carbocycles. The highest BCUT2D eigenvalue weighted by molar-refractivity contribution is 5.99. The van der Waals surface area contributed by atoms with E-state index < -0.39 is 5.91 Å². The van der Waals surface area contributed by atoms with Gasteiger partial charge in [0.2, 0.25) is 0 Å². The number of benzene rings is 1. The number of hydrogen-bond donors (Lipinski definition) is 3. The number of phenols is 2. The minimum atomic E-state index is -0.831. The monoisotopic (exact) mass is 294 g/mol. The number of likely N-dealkylation sites (tertiary alicyclic amines) is 1. The Morgan fingerprint density at radius 1 is 1.52 bits per heavy atom. The molecule has 1 amide bonds. The zero-order chi connectivity index (χ0) is 15.6. The molecule has 1 aliphatic heterocycles. The second-order valence-corrected chi connectivity index (χ2v) is 5.30. The number of aromatic hydroxyl groups is 2. The van der Waals surface area contributed by atoms with E-state index >= 15 is 0 Å². The van der Waals surface area contributed by atoms with Gasteiger partial charge in [-0.1, -0.05) is 6.92 Å². The van der Waals surface area contributed by atoms with E-state index in [-0.39, 0.29) is 22.8 Å². The number of ether oxygens (including phenoxy) is 1. The van der Waals surface area contributed by atoms with Crippen LogP contribution in [-0.2, 0) is 6.42 Å². The third-order valence-electron chi connectivity index (χ3n) is 4.12. The van der Waals surface area contributed by atoms with E-state index in [9.17, 15) is 15.0 Å². The topological polar surface area (TPSA) is 96.0 Å². The molecule has 1 fully saturated rings. The Balaban J connectivity index is 2.37. The van der Waals surface area contributed by atoms with E-state index in [4.69, 9.17) is 10.5 Å². The Bertz CT molecular complexity index is 545. The molecule has 1 atom stereocenters. The first-order valence-corrected chi connectivity index (χ1v) is 7.15. The minimum Gasteiger partial charge on any atom is -0.507 e. The summed E-state index contributed by atoms with van der Waals surface area (Å²) >= 11 is 0. The van der Waals surface area contributed by atoms with Crippen LogP contribution in [0.25, 0.3) is 0 Å². The number of hydrogen-bond acceptors (Lipinski definition) is 5. The van der Waals surface area contributed by atoms with Crippen LogP contribution in [0.2, 0.25) is 0 Å². The molecule has 1 heterocycles. The van der Waals surface area contributed by atoms with E-state index in [0.29, 0.717) is 18.0 Å². The quantitative estimate of drug-likeness (QED) is 0.710. The van der Waals surface area contributed by atoms with Crippen LogP contribution in [0.4, 0.5) is 0 Å². The van der Waals surface area contributed by atoms with Crippen LogP contribution in [0.1, 0.15) is 35.7 Å². The van der Waals surface area contributed by atoms with E-state index in [1.165, 1.54) is 13.2 Å². The zero-order valence-electron chi connectivity index (χ0n) is 12.4. The summed E-state index contributed by atoms with van der Waals surface area (Å²) in [4.78, 5) is 13.7. The molecular formula is C15H22N2O4. The first-order chi connectivity index (χ1) is 9.99. The Labute approximate surface area is 124 Å². The van der Waals surface area contributed by atoms with Gasteiger partial charge in [-0.15, -0.1) is 0 Å². The van der Waals surface area contributed by atoms with Gasteiger partial charge in [0.05, 0.1) is 7.11 Å². The van der Waals surface area contributed by atoms with Crippen molar-refractivity contribution in [2.24, 2.45) is 5.73 Å². The number of carbonyl (C=O) groups excluding carboxylic acids is 1. The average molecular weight is 294 g/mol.